The highest BCUT2D eigenvalue weighted by atomic mass is 16.2. The van der Waals surface area contributed by atoms with E-state index in [2.05, 4.69) is 31.4 Å². The van der Waals surface area contributed by atoms with E-state index in [0.717, 1.165) is 49.6 Å². The van der Waals surface area contributed by atoms with Crippen molar-refractivity contribution in [3.63, 3.8) is 0 Å². The molecule has 3 unspecified atom stereocenters. The van der Waals surface area contributed by atoms with Gasteiger partial charge >= 0.3 is 0 Å². The zero-order chi connectivity index (χ0) is 15.0. The SMILES string of the molecule is C=CCN(C[C@H]1CC1C1CCC(C)=CC1C)C(=O)C1CC1. The Labute approximate surface area is 129 Å². The van der Waals surface area contributed by atoms with Crippen molar-refractivity contribution in [2.45, 2.75) is 46.0 Å². The number of hydrogen-bond acceptors (Lipinski definition) is 1. The van der Waals surface area contributed by atoms with Gasteiger partial charge in [-0.25, -0.2) is 0 Å². The Morgan fingerprint density at radius 2 is 2.14 bits per heavy atom. The summed E-state index contributed by atoms with van der Waals surface area (Å²) in [6.07, 6.45) is 10.5. The molecule has 3 rings (SSSR count). The Kier molecular flexibility index (Phi) is 4.24. The molecule has 0 bridgehead atoms. The van der Waals surface area contributed by atoms with Crippen LogP contribution in [0.3, 0.4) is 0 Å². The van der Waals surface area contributed by atoms with Crippen molar-refractivity contribution in [3.8, 4) is 0 Å². The van der Waals surface area contributed by atoms with E-state index in [0.29, 0.717) is 11.8 Å². The van der Waals surface area contributed by atoms with Gasteiger partial charge in [0.05, 0.1) is 0 Å². The number of carbonyl (C=O) groups is 1. The van der Waals surface area contributed by atoms with Gasteiger partial charge in [0.2, 0.25) is 5.91 Å². The van der Waals surface area contributed by atoms with Crippen LogP contribution in [0.2, 0.25) is 0 Å². The van der Waals surface area contributed by atoms with Crippen LogP contribution >= 0.6 is 0 Å². The van der Waals surface area contributed by atoms with Gasteiger partial charge < -0.3 is 4.90 Å². The van der Waals surface area contributed by atoms with Crippen molar-refractivity contribution in [1.29, 1.82) is 0 Å². The van der Waals surface area contributed by atoms with Gasteiger partial charge in [-0.2, -0.15) is 0 Å². The first kappa shape index (κ1) is 14.9. The van der Waals surface area contributed by atoms with Crippen molar-refractivity contribution in [1.82, 2.24) is 4.90 Å². The van der Waals surface area contributed by atoms with Gasteiger partial charge in [0, 0.05) is 19.0 Å². The van der Waals surface area contributed by atoms with Gasteiger partial charge in [0.15, 0.2) is 0 Å². The second-order valence-electron chi connectivity index (χ2n) is 7.54. The fraction of sp³-hybridized carbons (Fsp3) is 0.737. The van der Waals surface area contributed by atoms with Crippen LogP contribution in [0.15, 0.2) is 24.3 Å². The molecule has 0 N–H and O–H groups in total. The molecule has 0 aromatic heterocycles. The predicted molar refractivity (Wildman–Crippen MR) is 86.7 cm³/mol. The summed E-state index contributed by atoms with van der Waals surface area (Å²) in [7, 11) is 0. The number of hydrogen-bond donors (Lipinski definition) is 0. The number of nitrogens with zero attached hydrogens (tertiary/aromatic N) is 1. The van der Waals surface area contributed by atoms with Gasteiger partial charge in [-0.15, -0.1) is 6.58 Å². The van der Waals surface area contributed by atoms with Crippen LogP contribution in [0.1, 0.15) is 46.0 Å². The molecule has 2 fully saturated rings. The van der Waals surface area contributed by atoms with Crippen molar-refractivity contribution in [2.75, 3.05) is 13.1 Å². The second-order valence-corrected chi connectivity index (χ2v) is 7.54. The highest BCUT2D eigenvalue weighted by molar-refractivity contribution is 5.81. The van der Waals surface area contributed by atoms with E-state index in [1.807, 2.05) is 6.08 Å². The molecule has 21 heavy (non-hydrogen) atoms. The van der Waals surface area contributed by atoms with Crippen LogP contribution in [0, 0.1) is 29.6 Å². The van der Waals surface area contributed by atoms with Crippen LogP contribution in [-0.4, -0.2) is 23.9 Å². The molecule has 0 saturated heterocycles. The highest BCUT2D eigenvalue weighted by Gasteiger charge is 2.46. The topological polar surface area (TPSA) is 20.3 Å². The van der Waals surface area contributed by atoms with Crippen LogP contribution in [0.25, 0.3) is 0 Å². The summed E-state index contributed by atoms with van der Waals surface area (Å²) in [5.74, 6) is 3.88. The lowest BCUT2D eigenvalue weighted by molar-refractivity contribution is -0.132. The molecule has 116 valence electrons. The molecule has 2 heteroatoms. The minimum Gasteiger partial charge on any atom is -0.338 e. The van der Waals surface area contributed by atoms with E-state index in [9.17, 15) is 4.79 Å². The molecule has 3 aliphatic carbocycles. The van der Waals surface area contributed by atoms with E-state index in [1.165, 1.54) is 19.3 Å². The maximum atomic E-state index is 12.3. The number of allylic oxidation sites excluding steroid dienone is 2. The summed E-state index contributed by atoms with van der Waals surface area (Å²) in [4.78, 5) is 14.4. The monoisotopic (exact) mass is 287 g/mol. The molecule has 0 aromatic carbocycles. The van der Waals surface area contributed by atoms with Crippen LogP contribution < -0.4 is 0 Å². The summed E-state index contributed by atoms with van der Waals surface area (Å²) in [6, 6.07) is 0. The minimum absolute atomic E-state index is 0.335. The Morgan fingerprint density at radius 3 is 2.76 bits per heavy atom. The normalized spacial score (nSPS) is 35.0. The first-order valence-corrected chi connectivity index (χ1v) is 8.67. The number of amides is 1. The quantitative estimate of drug-likeness (QED) is 0.675. The standard InChI is InChI=1S/C19H29NO/c1-4-9-20(19(21)15-6-7-15)12-16-11-18(16)17-8-5-13(2)10-14(17)3/h4,10,14-18H,1,5-9,11-12H2,2-3H3/t14?,16-,17?,18?/m1/s1. The van der Waals surface area contributed by atoms with Crippen LogP contribution in [0.5, 0.6) is 0 Å². The third kappa shape index (κ3) is 3.41. The molecule has 2 nitrogen and oxygen atoms in total. The van der Waals surface area contributed by atoms with Crippen LogP contribution in [-0.2, 0) is 4.79 Å². The summed E-state index contributed by atoms with van der Waals surface area (Å²) in [5, 5.41) is 0. The van der Waals surface area contributed by atoms with Gasteiger partial charge in [0.25, 0.3) is 0 Å². The smallest absolute Gasteiger partial charge is 0.225 e. The van der Waals surface area contributed by atoms with Gasteiger partial charge in [-0.3, -0.25) is 4.79 Å². The summed E-state index contributed by atoms with van der Waals surface area (Å²) in [5.41, 5.74) is 1.56. The van der Waals surface area contributed by atoms with E-state index in [-0.39, 0.29) is 0 Å². The van der Waals surface area contributed by atoms with Crippen molar-refractivity contribution < 1.29 is 4.79 Å². The van der Waals surface area contributed by atoms with E-state index in [1.54, 1.807) is 5.57 Å². The first-order chi connectivity index (χ1) is 10.1. The summed E-state index contributed by atoms with van der Waals surface area (Å²) < 4.78 is 0. The van der Waals surface area contributed by atoms with Crippen LogP contribution in [0.4, 0.5) is 0 Å². The van der Waals surface area contributed by atoms with E-state index < -0.39 is 0 Å². The minimum atomic E-state index is 0.335. The lowest BCUT2D eigenvalue weighted by Gasteiger charge is -2.28. The Bertz CT molecular complexity index is 448. The highest BCUT2D eigenvalue weighted by Crippen LogP contribution is 2.51. The van der Waals surface area contributed by atoms with Gasteiger partial charge in [-0.05, 0) is 62.7 Å². The first-order valence-electron chi connectivity index (χ1n) is 8.67. The molecule has 0 aromatic rings. The molecular weight excluding hydrogens is 258 g/mol. The van der Waals surface area contributed by atoms with Crippen molar-refractivity contribution >= 4 is 5.91 Å². The molecule has 0 radical (unpaired) electrons. The Morgan fingerprint density at radius 1 is 1.38 bits per heavy atom. The zero-order valence-corrected chi connectivity index (χ0v) is 13.6. The summed E-state index contributed by atoms with van der Waals surface area (Å²) >= 11 is 0. The second kappa shape index (κ2) is 5.98. The lowest BCUT2D eigenvalue weighted by atomic mass is 9.78. The van der Waals surface area contributed by atoms with Gasteiger partial charge in [-0.1, -0.05) is 24.6 Å². The molecule has 0 spiro atoms. The maximum absolute atomic E-state index is 12.3. The fourth-order valence-corrected chi connectivity index (χ4v) is 4.20. The molecule has 0 heterocycles. The maximum Gasteiger partial charge on any atom is 0.225 e. The third-order valence-corrected chi connectivity index (χ3v) is 5.66. The van der Waals surface area contributed by atoms with Crippen molar-refractivity contribution in [2.24, 2.45) is 29.6 Å². The third-order valence-electron chi connectivity index (χ3n) is 5.66. The molecule has 0 aliphatic heterocycles. The lowest BCUT2D eigenvalue weighted by Crippen LogP contribution is -2.34. The number of rotatable bonds is 6. The molecule has 1 amide bonds. The predicted octanol–water partition coefficient (Wildman–Crippen LogP) is 4.04. The van der Waals surface area contributed by atoms with E-state index in [4.69, 9.17) is 0 Å². The molecule has 4 atom stereocenters. The zero-order valence-electron chi connectivity index (χ0n) is 13.6. The molecular formula is C19H29NO. The van der Waals surface area contributed by atoms with Gasteiger partial charge in [0.1, 0.15) is 0 Å². The number of carbonyl (C=O) groups excluding carboxylic acids is 1. The average molecular weight is 287 g/mol. The summed E-state index contributed by atoms with van der Waals surface area (Å²) in [6.45, 7) is 10.2. The fourth-order valence-electron chi connectivity index (χ4n) is 4.20. The largest absolute Gasteiger partial charge is 0.338 e. The van der Waals surface area contributed by atoms with Crippen molar-refractivity contribution in [3.05, 3.63) is 24.3 Å². The molecule has 2 saturated carbocycles. The molecule has 3 aliphatic rings. The Hall–Kier alpha value is -1.05. The average Bonchev–Trinajstić information content (AvgIpc) is 3.32. The van der Waals surface area contributed by atoms with E-state index >= 15 is 0 Å². The Balaban J connectivity index is 1.54.